The summed E-state index contributed by atoms with van der Waals surface area (Å²) < 4.78 is 4.99. The van der Waals surface area contributed by atoms with E-state index >= 15 is 0 Å². The number of benzene rings is 2. The largest absolute Gasteiger partial charge is 0.465 e. The Morgan fingerprint density at radius 1 is 1.16 bits per heavy atom. The SMILES string of the molecule is CCOC(=O)[C@@H](Cc1ccccc1)C(=O)Nc1cccc([N+](=O)[O-])c1. The van der Waals surface area contributed by atoms with Gasteiger partial charge in [0.2, 0.25) is 5.91 Å². The number of ether oxygens (including phenoxy) is 1. The van der Waals surface area contributed by atoms with Gasteiger partial charge >= 0.3 is 5.97 Å². The number of esters is 1. The summed E-state index contributed by atoms with van der Waals surface area (Å²) in [4.78, 5) is 35.0. The molecule has 25 heavy (non-hydrogen) atoms. The second-order valence-electron chi connectivity index (χ2n) is 5.29. The van der Waals surface area contributed by atoms with Crippen molar-refractivity contribution >= 4 is 23.3 Å². The van der Waals surface area contributed by atoms with Crippen molar-refractivity contribution in [3.05, 3.63) is 70.3 Å². The van der Waals surface area contributed by atoms with Crippen LogP contribution in [-0.2, 0) is 20.7 Å². The zero-order valence-electron chi connectivity index (χ0n) is 13.7. The Morgan fingerprint density at radius 3 is 2.52 bits per heavy atom. The smallest absolute Gasteiger partial charge is 0.318 e. The molecule has 1 N–H and O–H groups in total. The molecule has 130 valence electrons. The Bertz CT molecular complexity index is 761. The topological polar surface area (TPSA) is 98.5 Å². The number of nitro benzene ring substituents is 1. The molecule has 0 aromatic heterocycles. The van der Waals surface area contributed by atoms with Crippen LogP contribution in [0.1, 0.15) is 12.5 Å². The molecule has 0 aliphatic rings. The van der Waals surface area contributed by atoms with Crippen LogP contribution in [-0.4, -0.2) is 23.4 Å². The Balaban J connectivity index is 2.18. The van der Waals surface area contributed by atoms with Crippen LogP contribution in [0, 0.1) is 16.0 Å². The van der Waals surface area contributed by atoms with Gasteiger partial charge in [-0.1, -0.05) is 36.4 Å². The van der Waals surface area contributed by atoms with Gasteiger partial charge in [0.05, 0.1) is 11.5 Å². The highest BCUT2D eigenvalue weighted by Gasteiger charge is 2.28. The normalized spacial score (nSPS) is 11.4. The average Bonchev–Trinajstić information content (AvgIpc) is 2.60. The van der Waals surface area contributed by atoms with E-state index in [1.54, 1.807) is 6.92 Å². The number of carbonyl (C=O) groups excluding carboxylic acids is 2. The summed E-state index contributed by atoms with van der Waals surface area (Å²) in [6, 6.07) is 14.6. The third-order valence-electron chi connectivity index (χ3n) is 3.49. The van der Waals surface area contributed by atoms with Crippen LogP contribution >= 0.6 is 0 Å². The molecule has 0 saturated heterocycles. The first-order valence-electron chi connectivity index (χ1n) is 7.77. The average molecular weight is 342 g/mol. The second kappa shape index (κ2) is 8.58. The molecule has 7 nitrogen and oxygen atoms in total. The van der Waals surface area contributed by atoms with E-state index in [-0.39, 0.29) is 24.4 Å². The van der Waals surface area contributed by atoms with Crippen molar-refractivity contribution in [1.82, 2.24) is 0 Å². The molecule has 0 radical (unpaired) electrons. The monoisotopic (exact) mass is 342 g/mol. The Morgan fingerprint density at radius 2 is 1.88 bits per heavy atom. The van der Waals surface area contributed by atoms with E-state index in [9.17, 15) is 19.7 Å². The maximum absolute atomic E-state index is 12.5. The highest BCUT2D eigenvalue weighted by atomic mass is 16.6. The van der Waals surface area contributed by atoms with E-state index in [1.165, 1.54) is 24.3 Å². The lowest BCUT2D eigenvalue weighted by Gasteiger charge is -2.15. The molecule has 0 bridgehead atoms. The number of non-ortho nitro benzene ring substituents is 1. The van der Waals surface area contributed by atoms with Crippen LogP contribution in [0.5, 0.6) is 0 Å². The maximum Gasteiger partial charge on any atom is 0.318 e. The number of nitro groups is 1. The molecule has 0 heterocycles. The number of hydrogen-bond acceptors (Lipinski definition) is 5. The molecule has 2 aromatic carbocycles. The second-order valence-corrected chi connectivity index (χ2v) is 5.29. The van der Waals surface area contributed by atoms with Crippen molar-refractivity contribution in [2.24, 2.45) is 5.92 Å². The number of nitrogens with zero attached hydrogens (tertiary/aromatic N) is 1. The summed E-state index contributed by atoms with van der Waals surface area (Å²) in [7, 11) is 0. The number of nitrogens with one attached hydrogen (secondary N) is 1. The molecule has 2 rings (SSSR count). The van der Waals surface area contributed by atoms with Gasteiger partial charge < -0.3 is 10.1 Å². The molecule has 0 unspecified atom stereocenters. The van der Waals surface area contributed by atoms with Gasteiger partial charge in [-0.15, -0.1) is 0 Å². The zero-order chi connectivity index (χ0) is 18.2. The van der Waals surface area contributed by atoms with E-state index < -0.39 is 22.7 Å². The third kappa shape index (κ3) is 5.13. The predicted octanol–water partition coefficient (Wildman–Crippen LogP) is 2.96. The first-order valence-corrected chi connectivity index (χ1v) is 7.77. The summed E-state index contributed by atoms with van der Waals surface area (Å²) in [5.74, 6) is -2.24. The number of rotatable bonds is 7. The zero-order valence-corrected chi connectivity index (χ0v) is 13.7. The summed E-state index contributed by atoms with van der Waals surface area (Å²) in [5, 5.41) is 13.4. The Labute approximate surface area is 144 Å². The molecular formula is C18H18N2O5. The van der Waals surface area contributed by atoms with Gasteiger partial charge in [-0.05, 0) is 25.0 Å². The van der Waals surface area contributed by atoms with E-state index in [0.29, 0.717) is 0 Å². The van der Waals surface area contributed by atoms with Gasteiger partial charge in [0.1, 0.15) is 5.92 Å². The van der Waals surface area contributed by atoms with Gasteiger partial charge in [-0.2, -0.15) is 0 Å². The number of anilines is 1. The minimum atomic E-state index is -1.04. The molecule has 7 heteroatoms. The first-order chi connectivity index (χ1) is 12.0. The molecular weight excluding hydrogens is 324 g/mol. The number of carbonyl (C=O) groups is 2. The lowest BCUT2D eigenvalue weighted by molar-refractivity contribution is -0.384. The fraction of sp³-hybridized carbons (Fsp3) is 0.222. The van der Waals surface area contributed by atoms with Crippen LogP contribution in [0.3, 0.4) is 0 Å². The summed E-state index contributed by atoms with van der Waals surface area (Å²) in [6.07, 6.45) is 0.181. The Kier molecular flexibility index (Phi) is 6.22. The van der Waals surface area contributed by atoms with Crippen molar-refractivity contribution in [3.63, 3.8) is 0 Å². The minimum Gasteiger partial charge on any atom is -0.465 e. The molecule has 0 spiro atoms. The van der Waals surface area contributed by atoms with Crippen LogP contribution in [0.25, 0.3) is 0 Å². The van der Waals surface area contributed by atoms with Gasteiger partial charge in [0, 0.05) is 17.8 Å². The van der Waals surface area contributed by atoms with Crippen LogP contribution in [0.15, 0.2) is 54.6 Å². The van der Waals surface area contributed by atoms with E-state index in [2.05, 4.69) is 5.32 Å². The molecule has 0 aliphatic heterocycles. The predicted molar refractivity (Wildman–Crippen MR) is 92.0 cm³/mol. The van der Waals surface area contributed by atoms with E-state index in [0.717, 1.165) is 5.56 Å². The van der Waals surface area contributed by atoms with E-state index in [1.807, 2.05) is 30.3 Å². The molecule has 0 aliphatic carbocycles. The van der Waals surface area contributed by atoms with Crippen LogP contribution in [0.2, 0.25) is 0 Å². The number of hydrogen-bond donors (Lipinski definition) is 1. The third-order valence-corrected chi connectivity index (χ3v) is 3.49. The molecule has 1 amide bonds. The van der Waals surface area contributed by atoms with Crippen molar-refractivity contribution in [3.8, 4) is 0 Å². The van der Waals surface area contributed by atoms with Crippen molar-refractivity contribution in [2.75, 3.05) is 11.9 Å². The van der Waals surface area contributed by atoms with Gasteiger partial charge in [0.15, 0.2) is 0 Å². The first kappa shape index (κ1) is 18.1. The fourth-order valence-electron chi connectivity index (χ4n) is 2.30. The molecule has 0 saturated carbocycles. The summed E-state index contributed by atoms with van der Waals surface area (Å²) >= 11 is 0. The summed E-state index contributed by atoms with van der Waals surface area (Å²) in [6.45, 7) is 1.82. The van der Waals surface area contributed by atoms with E-state index in [4.69, 9.17) is 4.74 Å². The molecule has 1 atom stereocenters. The van der Waals surface area contributed by atoms with Crippen molar-refractivity contribution in [1.29, 1.82) is 0 Å². The van der Waals surface area contributed by atoms with Crippen molar-refractivity contribution in [2.45, 2.75) is 13.3 Å². The fourth-order valence-corrected chi connectivity index (χ4v) is 2.30. The van der Waals surface area contributed by atoms with Gasteiger partial charge in [-0.25, -0.2) is 0 Å². The quantitative estimate of drug-likeness (QED) is 0.361. The molecule has 0 fully saturated rings. The summed E-state index contributed by atoms with van der Waals surface area (Å²) in [5.41, 5.74) is 0.921. The number of amides is 1. The lowest BCUT2D eigenvalue weighted by Crippen LogP contribution is -2.33. The standard InChI is InChI=1S/C18H18N2O5/c1-2-25-18(22)16(11-13-7-4-3-5-8-13)17(21)19-14-9-6-10-15(12-14)20(23)24/h3-10,12,16H,2,11H2,1H3,(H,19,21)/t16-/m0/s1. The highest BCUT2D eigenvalue weighted by molar-refractivity contribution is 6.05. The Hall–Kier alpha value is -3.22. The van der Waals surface area contributed by atoms with Crippen molar-refractivity contribution < 1.29 is 19.2 Å². The highest BCUT2D eigenvalue weighted by Crippen LogP contribution is 2.19. The molecule has 2 aromatic rings. The van der Waals surface area contributed by atoms with Crippen LogP contribution in [0.4, 0.5) is 11.4 Å². The van der Waals surface area contributed by atoms with Crippen LogP contribution < -0.4 is 5.32 Å². The van der Waals surface area contributed by atoms with Gasteiger partial charge in [-0.3, -0.25) is 19.7 Å². The lowest BCUT2D eigenvalue weighted by atomic mass is 9.98. The van der Waals surface area contributed by atoms with Gasteiger partial charge in [0.25, 0.3) is 5.69 Å². The minimum absolute atomic E-state index is 0.145. The maximum atomic E-state index is 12.5.